The highest BCUT2D eigenvalue weighted by atomic mass is 16.5. The van der Waals surface area contributed by atoms with E-state index in [9.17, 15) is 14.4 Å². The zero-order valence-electron chi connectivity index (χ0n) is 17.8. The van der Waals surface area contributed by atoms with E-state index in [2.05, 4.69) is 5.32 Å². The first-order chi connectivity index (χ1) is 14.3. The van der Waals surface area contributed by atoms with Crippen molar-refractivity contribution in [3.8, 4) is 5.75 Å². The molecule has 4 aliphatic carbocycles. The molecule has 1 N–H and O–H groups in total. The first-order valence-electron chi connectivity index (χ1n) is 11.1. The minimum absolute atomic E-state index is 0.0703. The molecule has 30 heavy (non-hydrogen) atoms. The van der Waals surface area contributed by atoms with Crippen LogP contribution in [0.15, 0.2) is 30.3 Å². The van der Waals surface area contributed by atoms with Crippen molar-refractivity contribution in [2.24, 2.45) is 23.2 Å². The second kappa shape index (κ2) is 8.40. The smallest absolute Gasteiger partial charge is 0.329 e. The largest absolute Gasteiger partial charge is 0.484 e. The summed E-state index contributed by atoms with van der Waals surface area (Å²) in [6.45, 7) is 3.04. The molecule has 0 spiro atoms. The van der Waals surface area contributed by atoms with Gasteiger partial charge in [0.1, 0.15) is 11.8 Å². The number of benzene rings is 1. The average Bonchev–Trinajstić information content (AvgIpc) is 2.71. The van der Waals surface area contributed by atoms with E-state index in [1.54, 1.807) is 26.0 Å². The monoisotopic (exact) mass is 413 g/mol. The maximum Gasteiger partial charge on any atom is 0.329 e. The van der Waals surface area contributed by atoms with Crippen molar-refractivity contribution in [2.75, 3.05) is 6.61 Å². The van der Waals surface area contributed by atoms with E-state index < -0.39 is 24.0 Å². The second-order valence-corrected chi connectivity index (χ2v) is 9.53. The lowest BCUT2D eigenvalue weighted by molar-refractivity contribution is -0.166. The molecule has 1 aromatic rings. The Labute approximate surface area is 177 Å². The Balaban J connectivity index is 1.26. The summed E-state index contributed by atoms with van der Waals surface area (Å²) in [7, 11) is 0. The summed E-state index contributed by atoms with van der Waals surface area (Å²) in [5, 5.41) is 2.58. The van der Waals surface area contributed by atoms with Crippen LogP contribution in [0.3, 0.4) is 0 Å². The third-order valence-electron chi connectivity index (χ3n) is 7.07. The fourth-order valence-corrected chi connectivity index (χ4v) is 6.18. The van der Waals surface area contributed by atoms with Gasteiger partial charge < -0.3 is 14.8 Å². The van der Waals surface area contributed by atoms with Gasteiger partial charge in [-0.3, -0.25) is 9.59 Å². The maximum atomic E-state index is 13.3. The van der Waals surface area contributed by atoms with Crippen LogP contribution in [0.5, 0.6) is 5.75 Å². The molecule has 1 amide bonds. The van der Waals surface area contributed by atoms with Crippen molar-refractivity contribution >= 4 is 17.7 Å². The number of ketones is 1. The predicted molar refractivity (Wildman–Crippen MR) is 111 cm³/mol. The summed E-state index contributed by atoms with van der Waals surface area (Å²) >= 11 is 0. The molecule has 2 atom stereocenters. The third kappa shape index (κ3) is 4.37. The van der Waals surface area contributed by atoms with Gasteiger partial charge in [0.25, 0.3) is 5.91 Å². The molecule has 6 heteroatoms. The number of hydrogen-bond donors (Lipinski definition) is 1. The summed E-state index contributed by atoms with van der Waals surface area (Å²) < 4.78 is 10.9. The number of hydrogen-bond acceptors (Lipinski definition) is 5. The van der Waals surface area contributed by atoms with Gasteiger partial charge in [-0.25, -0.2) is 4.79 Å². The van der Waals surface area contributed by atoms with Gasteiger partial charge in [0.2, 0.25) is 0 Å². The van der Waals surface area contributed by atoms with Gasteiger partial charge in [-0.05, 0) is 82.3 Å². The van der Waals surface area contributed by atoms with Crippen LogP contribution >= 0.6 is 0 Å². The van der Waals surface area contributed by atoms with Gasteiger partial charge in [0, 0.05) is 5.41 Å². The molecular weight excluding hydrogens is 382 g/mol. The van der Waals surface area contributed by atoms with Crippen molar-refractivity contribution in [1.29, 1.82) is 0 Å². The molecule has 4 bridgehead atoms. The first kappa shape index (κ1) is 20.9. The lowest BCUT2D eigenvalue weighted by Crippen LogP contribution is -2.53. The lowest BCUT2D eigenvalue weighted by Gasteiger charge is -2.56. The summed E-state index contributed by atoms with van der Waals surface area (Å²) in [4.78, 5) is 37.8. The zero-order chi connectivity index (χ0) is 21.3. The maximum absolute atomic E-state index is 13.3. The van der Waals surface area contributed by atoms with Crippen LogP contribution in [0.4, 0.5) is 0 Å². The minimum Gasteiger partial charge on any atom is -0.484 e. The third-order valence-corrected chi connectivity index (χ3v) is 7.07. The van der Waals surface area contributed by atoms with Crippen LogP contribution in [-0.2, 0) is 19.1 Å². The van der Waals surface area contributed by atoms with Crippen molar-refractivity contribution in [3.05, 3.63) is 30.3 Å². The highest BCUT2D eigenvalue weighted by Crippen LogP contribution is 2.60. The molecule has 162 valence electrons. The van der Waals surface area contributed by atoms with E-state index in [0.29, 0.717) is 23.5 Å². The number of ether oxygens (including phenoxy) is 2. The number of rotatable bonds is 8. The number of esters is 1. The van der Waals surface area contributed by atoms with Gasteiger partial charge in [-0.1, -0.05) is 18.2 Å². The van der Waals surface area contributed by atoms with Crippen LogP contribution in [0, 0.1) is 23.2 Å². The lowest BCUT2D eigenvalue weighted by atomic mass is 9.48. The number of carbonyl (C=O) groups excluding carboxylic acids is 3. The Kier molecular flexibility index (Phi) is 5.85. The molecule has 0 aliphatic heterocycles. The first-order valence-corrected chi connectivity index (χ1v) is 11.1. The number of nitrogens with one attached hydrogen (secondary N) is 1. The van der Waals surface area contributed by atoms with Gasteiger partial charge in [0.05, 0.1) is 0 Å². The van der Waals surface area contributed by atoms with E-state index in [1.165, 1.54) is 19.3 Å². The normalized spacial score (nSPS) is 30.9. The van der Waals surface area contributed by atoms with Crippen molar-refractivity contribution in [1.82, 2.24) is 5.32 Å². The van der Waals surface area contributed by atoms with Gasteiger partial charge in [-0.15, -0.1) is 0 Å². The summed E-state index contributed by atoms with van der Waals surface area (Å²) in [5.74, 6) is 1.62. The Hall–Kier alpha value is -2.37. The highest BCUT2D eigenvalue weighted by Gasteiger charge is 2.55. The van der Waals surface area contributed by atoms with Gasteiger partial charge in [0.15, 0.2) is 18.5 Å². The van der Waals surface area contributed by atoms with E-state index in [-0.39, 0.29) is 17.8 Å². The quantitative estimate of drug-likeness (QED) is 0.662. The van der Waals surface area contributed by atoms with Crippen LogP contribution in [0.2, 0.25) is 0 Å². The Morgan fingerprint density at radius 1 is 1.00 bits per heavy atom. The van der Waals surface area contributed by atoms with E-state index in [1.807, 2.05) is 18.2 Å². The molecule has 0 aromatic heterocycles. The fourth-order valence-electron chi connectivity index (χ4n) is 6.18. The molecule has 0 radical (unpaired) electrons. The zero-order valence-corrected chi connectivity index (χ0v) is 17.8. The van der Waals surface area contributed by atoms with Crippen LogP contribution in [-0.4, -0.2) is 36.4 Å². The van der Waals surface area contributed by atoms with E-state index >= 15 is 0 Å². The molecular formula is C24H31NO5. The Bertz CT molecular complexity index is 770. The van der Waals surface area contributed by atoms with Crippen LogP contribution < -0.4 is 10.1 Å². The number of carbonyl (C=O) groups is 3. The predicted octanol–water partition coefficient (Wildman–Crippen LogP) is 3.29. The number of Topliss-reactive ketones (excluding diaryl/α,β-unsaturated/α-hetero) is 1. The Morgan fingerprint density at radius 2 is 1.57 bits per heavy atom. The molecule has 0 saturated heterocycles. The molecule has 6 nitrogen and oxygen atoms in total. The summed E-state index contributed by atoms with van der Waals surface area (Å²) in [6, 6.07) is 8.15. The van der Waals surface area contributed by atoms with Crippen LogP contribution in [0.1, 0.15) is 52.4 Å². The van der Waals surface area contributed by atoms with Crippen LogP contribution in [0.25, 0.3) is 0 Å². The average molecular weight is 414 g/mol. The highest BCUT2D eigenvalue weighted by molar-refractivity contribution is 5.92. The molecule has 0 heterocycles. The summed E-state index contributed by atoms with van der Waals surface area (Å²) in [5.41, 5.74) is -0.301. The molecule has 5 rings (SSSR count). The molecule has 0 unspecified atom stereocenters. The van der Waals surface area contributed by atoms with Crippen molar-refractivity contribution in [2.45, 2.75) is 64.5 Å². The van der Waals surface area contributed by atoms with Gasteiger partial charge >= 0.3 is 5.97 Å². The van der Waals surface area contributed by atoms with E-state index in [4.69, 9.17) is 9.47 Å². The van der Waals surface area contributed by atoms with Crippen molar-refractivity contribution in [3.63, 3.8) is 0 Å². The molecule has 1 aromatic carbocycles. The SMILES string of the molecule is C[C@@H](NC(=O)COc1ccccc1)C(=O)O[C@H](C)C(=O)C12CC3CC(CC(C3)C1)C2. The van der Waals surface area contributed by atoms with Gasteiger partial charge in [-0.2, -0.15) is 0 Å². The fraction of sp³-hybridized carbons (Fsp3) is 0.625. The molecule has 4 saturated carbocycles. The summed E-state index contributed by atoms with van der Waals surface area (Å²) in [6.07, 6.45) is 5.83. The Morgan fingerprint density at radius 3 is 2.13 bits per heavy atom. The minimum atomic E-state index is -0.844. The second-order valence-electron chi connectivity index (χ2n) is 9.53. The number of para-hydroxylation sites is 1. The van der Waals surface area contributed by atoms with Crippen molar-refractivity contribution < 1.29 is 23.9 Å². The van der Waals surface area contributed by atoms with E-state index in [0.717, 1.165) is 19.3 Å². The molecule has 4 aliphatic rings. The standard InChI is InChI=1S/C24H31NO5/c1-15(25-21(26)14-29-20-6-4-3-5-7-20)23(28)30-16(2)22(27)24-11-17-8-18(12-24)10-19(9-17)13-24/h3-7,15-19H,8-14H2,1-2H3,(H,25,26)/t15-,16-,17?,18?,19?,24?/m1/s1. The molecule has 4 fully saturated rings. The number of amides is 1. The topological polar surface area (TPSA) is 81.7 Å².